The second-order valence-corrected chi connectivity index (χ2v) is 5.43. The van der Waals surface area contributed by atoms with Crippen LogP contribution in [0.2, 0.25) is 0 Å². The molecule has 0 unspecified atom stereocenters. The lowest BCUT2D eigenvalue weighted by Gasteiger charge is -2.20. The average molecular weight is 304 g/mol. The fourth-order valence-electron chi connectivity index (χ4n) is 2.80. The first kappa shape index (κ1) is 14.8. The number of rotatable bonds is 5. The summed E-state index contributed by atoms with van der Waals surface area (Å²) in [4.78, 5) is 12.2. The van der Waals surface area contributed by atoms with E-state index in [9.17, 15) is 4.79 Å². The highest BCUT2D eigenvalue weighted by molar-refractivity contribution is 5.78. The number of aryl methyl sites for hydroxylation is 2. The standard InChI is InChI=1S/C15H20N4O3/c1-3-19-13(4-6-16-19)15-12(5-7-21-15)17-14(20)9-11-8-10(2)22-18-11/h4,6,8,12,15H,3,5,7,9H2,1-2H3,(H,17,20)/t12-,15-/m0/s1. The smallest absolute Gasteiger partial charge is 0.226 e. The highest BCUT2D eigenvalue weighted by atomic mass is 16.5. The number of nitrogens with one attached hydrogen (secondary N) is 1. The maximum atomic E-state index is 12.2. The first-order chi connectivity index (χ1) is 10.7. The molecule has 1 saturated heterocycles. The maximum Gasteiger partial charge on any atom is 0.226 e. The van der Waals surface area contributed by atoms with E-state index in [1.165, 1.54) is 0 Å². The van der Waals surface area contributed by atoms with Crippen molar-refractivity contribution in [1.82, 2.24) is 20.3 Å². The van der Waals surface area contributed by atoms with E-state index in [4.69, 9.17) is 9.26 Å². The molecule has 1 aliphatic heterocycles. The van der Waals surface area contributed by atoms with Gasteiger partial charge in [0.05, 0.1) is 23.9 Å². The summed E-state index contributed by atoms with van der Waals surface area (Å²) in [6.07, 6.45) is 2.62. The number of carbonyl (C=O) groups is 1. The molecule has 0 radical (unpaired) electrons. The Balaban J connectivity index is 1.65. The van der Waals surface area contributed by atoms with Gasteiger partial charge in [-0.3, -0.25) is 9.48 Å². The zero-order chi connectivity index (χ0) is 15.5. The molecular formula is C15H20N4O3. The Morgan fingerprint density at radius 3 is 3.14 bits per heavy atom. The molecule has 3 rings (SSSR count). The Morgan fingerprint density at radius 1 is 1.55 bits per heavy atom. The quantitative estimate of drug-likeness (QED) is 0.902. The van der Waals surface area contributed by atoms with Crippen LogP contribution in [0.3, 0.4) is 0 Å². The number of aromatic nitrogens is 3. The molecule has 3 heterocycles. The van der Waals surface area contributed by atoms with E-state index < -0.39 is 0 Å². The molecule has 2 aromatic rings. The summed E-state index contributed by atoms with van der Waals surface area (Å²) in [5.74, 6) is 0.632. The number of nitrogens with zero attached hydrogens (tertiary/aromatic N) is 3. The summed E-state index contributed by atoms with van der Waals surface area (Å²) >= 11 is 0. The number of hydrogen-bond donors (Lipinski definition) is 1. The third-order valence-corrected chi connectivity index (χ3v) is 3.80. The van der Waals surface area contributed by atoms with E-state index in [1.54, 1.807) is 19.2 Å². The third-order valence-electron chi connectivity index (χ3n) is 3.80. The molecule has 1 N–H and O–H groups in total. The van der Waals surface area contributed by atoms with Crippen LogP contribution in [-0.2, 0) is 22.5 Å². The first-order valence-corrected chi connectivity index (χ1v) is 7.52. The van der Waals surface area contributed by atoms with E-state index >= 15 is 0 Å². The van der Waals surface area contributed by atoms with Crippen LogP contribution in [0, 0.1) is 6.92 Å². The predicted octanol–water partition coefficient (Wildman–Crippen LogP) is 1.39. The van der Waals surface area contributed by atoms with Gasteiger partial charge in [-0.15, -0.1) is 0 Å². The third kappa shape index (κ3) is 3.04. The van der Waals surface area contributed by atoms with Gasteiger partial charge in [0, 0.05) is 25.4 Å². The van der Waals surface area contributed by atoms with E-state index in [0.29, 0.717) is 18.1 Å². The Bertz CT molecular complexity index is 649. The summed E-state index contributed by atoms with van der Waals surface area (Å²) in [6.45, 7) is 5.25. The van der Waals surface area contributed by atoms with Crippen LogP contribution in [-0.4, -0.2) is 33.5 Å². The SMILES string of the molecule is CCn1nccc1[C@H]1OCC[C@@H]1NC(=O)Cc1cc(C)on1. The van der Waals surface area contributed by atoms with Crippen LogP contribution in [0.5, 0.6) is 0 Å². The molecule has 0 spiro atoms. The van der Waals surface area contributed by atoms with Gasteiger partial charge in [0.15, 0.2) is 0 Å². The summed E-state index contributed by atoms with van der Waals surface area (Å²) < 4.78 is 12.7. The minimum absolute atomic E-state index is 0.0394. The molecule has 1 aliphatic rings. The second-order valence-electron chi connectivity index (χ2n) is 5.43. The molecule has 118 valence electrons. The highest BCUT2D eigenvalue weighted by Gasteiger charge is 2.33. The van der Waals surface area contributed by atoms with Crippen molar-refractivity contribution >= 4 is 5.91 Å². The lowest BCUT2D eigenvalue weighted by molar-refractivity contribution is -0.121. The minimum Gasteiger partial charge on any atom is -0.370 e. The van der Waals surface area contributed by atoms with E-state index in [2.05, 4.69) is 15.6 Å². The van der Waals surface area contributed by atoms with E-state index in [-0.39, 0.29) is 24.5 Å². The van der Waals surface area contributed by atoms with Gasteiger partial charge in [0.2, 0.25) is 5.91 Å². The van der Waals surface area contributed by atoms with Gasteiger partial charge in [-0.2, -0.15) is 5.10 Å². The van der Waals surface area contributed by atoms with Crippen molar-refractivity contribution < 1.29 is 14.1 Å². The topological polar surface area (TPSA) is 82.2 Å². The highest BCUT2D eigenvalue weighted by Crippen LogP contribution is 2.29. The van der Waals surface area contributed by atoms with Crippen LogP contribution in [0.1, 0.15) is 36.6 Å². The number of hydrogen-bond acceptors (Lipinski definition) is 5. The number of amides is 1. The number of carbonyl (C=O) groups excluding carboxylic acids is 1. The second kappa shape index (κ2) is 6.31. The van der Waals surface area contributed by atoms with Gasteiger partial charge < -0.3 is 14.6 Å². The first-order valence-electron chi connectivity index (χ1n) is 7.52. The molecule has 1 fully saturated rings. The molecule has 2 atom stereocenters. The van der Waals surface area contributed by atoms with Crippen molar-refractivity contribution in [3.63, 3.8) is 0 Å². The Hall–Kier alpha value is -2.15. The minimum atomic E-state index is -0.148. The van der Waals surface area contributed by atoms with Crippen molar-refractivity contribution in [2.24, 2.45) is 0 Å². The normalized spacial score (nSPS) is 21.2. The van der Waals surface area contributed by atoms with Crippen LogP contribution in [0.15, 0.2) is 22.9 Å². The van der Waals surface area contributed by atoms with Crippen molar-refractivity contribution in [2.45, 2.75) is 45.4 Å². The van der Waals surface area contributed by atoms with Crippen molar-refractivity contribution in [1.29, 1.82) is 0 Å². The van der Waals surface area contributed by atoms with Gasteiger partial charge in [-0.25, -0.2) is 0 Å². The lowest BCUT2D eigenvalue weighted by atomic mass is 10.1. The monoisotopic (exact) mass is 304 g/mol. The van der Waals surface area contributed by atoms with Crippen LogP contribution < -0.4 is 5.32 Å². The summed E-state index contributed by atoms with van der Waals surface area (Å²) in [6, 6.07) is 3.68. The molecule has 0 bridgehead atoms. The van der Waals surface area contributed by atoms with Crippen molar-refractivity contribution in [3.05, 3.63) is 35.5 Å². The van der Waals surface area contributed by atoms with Crippen molar-refractivity contribution in [3.8, 4) is 0 Å². The van der Waals surface area contributed by atoms with Gasteiger partial charge in [0.1, 0.15) is 11.9 Å². The predicted molar refractivity (Wildman–Crippen MR) is 78.1 cm³/mol. The largest absolute Gasteiger partial charge is 0.370 e. The molecule has 0 aromatic carbocycles. The Labute approximate surface area is 128 Å². The molecular weight excluding hydrogens is 284 g/mol. The zero-order valence-electron chi connectivity index (χ0n) is 12.8. The molecule has 0 saturated carbocycles. The summed E-state index contributed by atoms with van der Waals surface area (Å²) in [7, 11) is 0. The van der Waals surface area contributed by atoms with Gasteiger partial charge in [0.25, 0.3) is 0 Å². The Kier molecular flexibility index (Phi) is 4.24. The molecule has 22 heavy (non-hydrogen) atoms. The number of ether oxygens (including phenoxy) is 1. The van der Waals surface area contributed by atoms with Crippen molar-refractivity contribution in [2.75, 3.05) is 6.61 Å². The Morgan fingerprint density at radius 2 is 2.41 bits per heavy atom. The fraction of sp³-hybridized carbons (Fsp3) is 0.533. The zero-order valence-corrected chi connectivity index (χ0v) is 12.8. The summed E-state index contributed by atoms with van der Waals surface area (Å²) in [5, 5.41) is 11.1. The molecule has 7 nitrogen and oxygen atoms in total. The van der Waals surface area contributed by atoms with Gasteiger partial charge >= 0.3 is 0 Å². The van der Waals surface area contributed by atoms with Gasteiger partial charge in [-0.05, 0) is 26.3 Å². The van der Waals surface area contributed by atoms with Crippen LogP contribution in [0.25, 0.3) is 0 Å². The lowest BCUT2D eigenvalue weighted by Crippen LogP contribution is -2.38. The summed E-state index contributed by atoms with van der Waals surface area (Å²) in [5.41, 5.74) is 1.65. The van der Waals surface area contributed by atoms with Crippen LogP contribution in [0.4, 0.5) is 0 Å². The molecule has 0 aliphatic carbocycles. The van der Waals surface area contributed by atoms with Crippen LogP contribution >= 0.6 is 0 Å². The fourth-order valence-corrected chi connectivity index (χ4v) is 2.80. The van der Waals surface area contributed by atoms with E-state index in [1.807, 2.05) is 17.7 Å². The van der Waals surface area contributed by atoms with E-state index in [0.717, 1.165) is 18.7 Å². The average Bonchev–Trinajstić information content (AvgIpc) is 3.19. The molecule has 2 aromatic heterocycles. The molecule has 7 heteroatoms. The molecule has 1 amide bonds. The maximum absolute atomic E-state index is 12.2. The van der Waals surface area contributed by atoms with Gasteiger partial charge in [-0.1, -0.05) is 5.16 Å².